The third-order valence-electron chi connectivity index (χ3n) is 2.86. The molecule has 2 unspecified atom stereocenters. The van der Waals surface area contributed by atoms with E-state index in [2.05, 4.69) is 10.3 Å². The van der Waals surface area contributed by atoms with Crippen LogP contribution in [-0.4, -0.2) is 23.1 Å². The monoisotopic (exact) mass is 222 g/mol. The molecule has 3 nitrogen and oxygen atoms in total. The maximum absolute atomic E-state index is 12.9. The molecular formula is C12H15FN2O. The molecule has 1 aliphatic rings. The lowest BCUT2D eigenvalue weighted by molar-refractivity contribution is 0.0936. The fourth-order valence-corrected chi connectivity index (χ4v) is 2.01. The van der Waals surface area contributed by atoms with Gasteiger partial charge in [0.25, 0.3) is 5.91 Å². The molecule has 1 aromatic heterocycles. The van der Waals surface area contributed by atoms with Gasteiger partial charge in [-0.3, -0.25) is 9.78 Å². The maximum atomic E-state index is 12.9. The first-order valence-electron chi connectivity index (χ1n) is 5.53. The van der Waals surface area contributed by atoms with Crippen LogP contribution in [-0.2, 0) is 0 Å². The van der Waals surface area contributed by atoms with Crippen molar-refractivity contribution in [3.05, 3.63) is 29.6 Å². The summed E-state index contributed by atoms with van der Waals surface area (Å²) in [4.78, 5) is 15.8. The van der Waals surface area contributed by atoms with Crippen molar-refractivity contribution >= 4 is 5.91 Å². The van der Waals surface area contributed by atoms with Crippen LogP contribution in [0, 0.1) is 6.92 Å². The van der Waals surface area contributed by atoms with Crippen molar-refractivity contribution < 1.29 is 9.18 Å². The van der Waals surface area contributed by atoms with Crippen LogP contribution < -0.4 is 5.32 Å². The second-order valence-corrected chi connectivity index (χ2v) is 4.27. The van der Waals surface area contributed by atoms with Crippen LogP contribution in [0.15, 0.2) is 18.3 Å². The molecule has 1 amide bonds. The van der Waals surface area contributed by atoms with Gasteiger partial charge in [0.2, 0.25) is 0 Å². The summed E-state index contributed by atoms with van der Waals surface area (Å²) in [5.74, 6) is -0.135. The van der Waals surface area contributed by atoms with Crippen molar-refractivity contribution in [2.24, 2.45) is 0 Å². The molecule has 2 atom stereocenters. The Morgan fingerprint density at radius 3 is 3.00 bits per heavy atom. The Hall–Kier alpha value is -1.45. The predicted octanol–water partition coefficient (Wildman–Crippen LogP) is 2.01. The van der Waals surface area contributed by atoms with E-state index in [9.17, 15) is 9.18 Å². The zero-order valence-electron chi connectivity index (χ0n) is 9.24. The first-order valence-corrected chi connectivity index (χ1v) is 5.53. The third-order valence-corrected chi connectivity index (χ3v) is 2.86. The number of hydrogen-bond acceptors (Lipinski definition) is 2. The highest BCUT2D eigenvalue weighted by molar-refractivity contribution is 5.94. The standard InChI is InChI=1S/C12H15FN2O/c1-8-6-9(4-5-14-8)12(16)15-11-3-2-10(13)7-11/h4-6,10-11H,2-3,7H2,1H3,(H,15,16). The van der Waals surface area contributed by atoms with Crippen molar-refractivity contribution in [2.75, 3.05) is 0 Å². The van der Waals surface area contributed by atoms with Crippen LogP contribution in [0.1, 0.15) is 35.3 Å². The number of carbonyl (C=O) groups excluding carboxylic acids is 1. The van der Waals surface area contributed by atoms with Crippen LogP contribution in [0.2, 0.25) is 0 Å². The van der Waals surface area contributed by atoms with E-state index in [4.69, 9.17) is 0 Å². The molecule has 1 aliphatic carbocycles. The Kier molecular flexibility index (Phi) is 3.17. The molecule has 1 aromatic rings. The minimum Gasteiger partial charge on any atom is -0.349 e. The number of halogens is 1. The lowest BCUT2D eigenvalue weighted by atomic mass is 10.2. The molecule has 0 bridgehead atoms. The zero-order valence-corrected chi connectivity index (χ0v) is 9.24. The van der Waals surface area contributed by atoms with Crippen LogP contribution in [0.5, 0.6) is 0 Å². The lowest BCUT2D eigenvalue weighted by Crippen LogP contribution is -2.33. The fourth-order valence-electron chi connectivity index (χ4n) is 2.01. The Bertz CT molecular complexity index is 394. The maximum Gasteiger partial charge on any atom is 0.251 e. The van der Waals surface area contributed by atoms with Gasteiger partial charge in [-0.2, -0.15) is 0 Å². The Labute approximate surface area is 94.1 Å². The van der Waals surface area contributed by atoms with Crippen molar-refractivity contribution in [3.8, 4) is 0 Å². The molecule has 0 spiro atoms. The van der Waals surface area contributed by atoms with Crippen molar-refractivity contribution in [3.63, 3.8) is 0 Å². The molecule has 0 saturated heterocycles. The van der Waals surface area contributed by atoms with Gasteiger partial charge in [-0.1, -0.05) is 0 Å². The van der Waals surface area contributed by atoms with Crippen molar-refractivity contribution in [1.82, 2.24) is 10.3 Å². The third kappa shape index (κ3) is 2.56. The summed E-state index contributed by atoms with van der Waals surface area (Å²) in [6, 6.07) is 3.39. The predicted molar refractivity (Wildman–Crippen MR) is 59.0 cm³/mol. The molecule has 1 saturated carbocycles. The summed E-state index contributed by atoms with van der Waals surface area (Å²) >= 11 is 0. The Balaban J connectivity index is 1.98. The van der Waals surface area contributed by atoms with E-state index in [1.54, 1.807) is 18.3 Å². The van der Waals surface area contributed by atoms with Gasteiger partial charge >= 0.3 is 0 Å². The highest BCUT2D eigenvalue weighted by Gasteiger charge is 2.25. The number of nitrogens with zero attached hydrogens (tertiary/aromatic N) is 1. The quantitative estimate of drug-likeness (QED) is 0.831. The van der Waals surface area contributed by atoms with Gasteiger partial charge in [-0.25, -0.2) is 4.39 Å². The van der Waals surface area contributed by atoms with E-state index >= 15 is 0 Å². The van der Waals surface area contributed by atoms with Crippen LogP contribution in [0.3, 0.4) is 0 Å². The summed E-state index contributed by atoms with van der Waals surface area (Å²) in [6.45, 7) is 1.84. The van der Waals surface area contributed by atoms with Crippen LogP contribution in [0.25, 0.3) is 0 Å². The first kappa shape index (κ1) is 11.0. The average Bonchev–Trinajstić information content (AvgIpc) is 2.64. The number of pyridine rings is 1. The van der Waals surface area contributed by atoms with Gasteiger partial charge in [0, 0.05) is 23.5 Å². The van der Waals surface area contributed by atoms with Gasteiger partial charge in [0.15, 0.2) is 0 Å². The molecule has 0 aromatic carbocycles. The van der Waals surface area contributed by atoms with Gasteiger partial charge in [0.1, 0.15) is 6.17 Å². The zero-order chi connectivity index (χ0) is 11.5. The number of aromatic nitrogens is 1. The SMILES string of the molecule is Cc1cc(C(=O)NC2CCC(F)C2)ccn1. The second-order valence-electron chi connectivity index (χ2n) is 4.27. The first-order chi connectivity index (χ1) is 7.65. The highest BCUT2D eigenvalue weighted by Crippen LogP contribution is 2.22. The highest BCUT2D eigenvalue weighted by atomic mass is 19.1. The van der Waals surface area contributed by atoms with Crippen LogP contribution >= 0.6 is 0 Å². The van der Waals surface area contributed by atoms with E-state index in [1.165, 1.54) is 0 Å². The number of aryl methyl sites for hydroxylation is 1. The van der Waals surface area contributed by atoms with Gasteiger partial charge in [0.05, 0.1) is 0 Å². The summed E-state index contributed by atoms with van der Waals surface area (Å²) in [6.07, 6.45) is 2.58. The summed E-state index contributed by atoms with van der Waals surface area (Å²) in [5, 5.41) is 2.85. The largest absolute Gasteiger partial charge is 0.349 e. The fraction of sp³-hybridized carbons (Fsp3) is 0.500. The smallest absolute Gasteiger partial charge is 0.251 e. The minimum atomic E-state index is -0.760. The number of alkyl halides is 1. The van der Waals surface area contributed by atoms with Gasteiger partial charge < -0.3 is 5.32 Å². The van der Waals surface area contributed by atoms with E-state index in [-0.39, 0.29) is 11.9 Å². The Morgan fingerprint density at radius 1 is 1.56 bits per heavy atom. The molecule has 86 valence electrons. The average molecular weight is 222 g/mol. The molecule has 16 heavy (non-hydrogen) atoms. The summed E-state index contributed by atoms with van der Waals surface area (Å²) < 4.78 is 12.9. The molecule has 4 heteroatoms. The van der Waals surface area contributed by atoms with E-state index in [0.717, 1.165) is 12.1 Å². The van der Waals surface area contributed by atoms with Gasteiger partial charge in [-0.15, -0.1) is 0 Å². The minimum absolute atomic E-state index is 0.0176. The van der Waals surface area contributed by atoms with Gasteiger partial charge in [-0.05, 0) is 38.3 Å². The van der Waals surface area contributed by atoms with E-state index < -0.39 is 6.17 Å². The topological polar surface area (TPSA) is 42.0 Å². The molecule has 0 radical (unpaired) electrons. The number of amides is 1. The molecular weight excluding hydrogens is 207 g/mol. The second kappa shape index (κ2) is 4.60. The lowest BCUT2D eigenvalue weighted by Gasteiger charge is -2.11. The molecule has 1 N–H and O–H groups in total. The molecule has 1 fully saturated rings. The van der Waals surface area contributed by atoms with Crippen molar-refractivity contribution in [1.29, 1.82) is 0 Å². The molecule has 0 aliphatic heterocycles. The molecule has 2 rings (SSSR count). The summed E-state index contributed by atoms with van der Waals surface area (Å²) in [7, 11) is 0. The Morgan fingerprint density at radius 2 is 2.38 bits per heavy atom. The number of nitrogens with one attached hydrogen (secondary N) is 1. The number of carbonyl (C=O) groups is 1. The van der Waals surface area contributed by atoms with E-state index in [1.807, 2.05) is 6.92 Å². The summed E-state index contributed by atoms with van der Waals surface area (Å²) in [5.41, 5.74) is 1.40. The number of hydrogen-bond donors (Lipinski definition) is 1. The van der Waals surface area contributed by atoms with Crippen molar-refractivity contribution in [2.45, 2.75) is 38.4 Å². The normalized spacial score (nSPS) is 24.4. The van der Waals surface area contributed by atoms with E-state index in [0.29, 0.717) is 18.4 Å². The number of rotatable bonds is 2. The van der Waals surface area contributed by atoms with Crippen LogP contribution in [0.4, 0.5) is 4.39 Å². The molecule has 1 heterocycles.